The maximum absolute atomic E-state index is 9.23. The van der Waals surface area contributed by atoms with Gasteiger partial charge in [0.15, 0.2) is 0 Å². The molecule has 0 aliphatic carbocycles. The molecule has 3 heterocycles. The van der Waals surface area contributed by atoms with E-state index in [9.17, 15) is 5.11 Å². The summed E-state index contributed by atoms with van der Waals surface area (Å²) < 4.78 is 0.817. The van der Waals surface area contributed by atoms with Gasteiger partial charge in [-0.25, -0.2) is 4.98 Å². The predicted molar refractivity (Wildman–Crippen MR) is 130 cm³/mol. The summed E-state index contributed by atoms with van der Waals surface area (Å²) in [7, 11) is 0. The van der Waals surface area contributed by atoms with Gasteiger partial charge in [0.1, 0.15) is 5.82 Å². The minimum atomic E-state index is -0.0345. The van der Waals surface area contributed by atoms with Crippen LogP contribution in [0.25, 0.3) is 0 Å². The molecule has 1 aromatic heterocycles. The number of nitrogens with zero attached hydrogens (tertiary/aromatic N) is 4. The van der Waals surface area contributed by atoms with Crippen LogP contribution in [0.2, 0.25) is 10.0 Å². The van der Waals surface area contributed by atoms with Crippen molar-refractivity contribution in [2.45, 2.75) is 25.8 Å². The summed E-state index contributed by atoms with van der Waals surface area (Å²) in [6.07, 6.45) is 4.29. The van der Waals surface area contributed by atoms with E-state index in [1.807, 2.05) is 19.1 Å². The topological polar surface area (TPSA) is 64.5 Å². The van der Waals surface area contributed by atoms with Gasteiger partial charge in [0.2, 0.25) is 5.95 Å². The lowest BCUT2D eigenvalue weighted by Crippen LogP contribution is -2.54. The Bertz CT molecular complexity index is 909. The lowest BCUT2D eigenvalue weighted by molar-refractivity contribution is 0.101. The SMILES string of the molecule is CC(Nc1nc(N2CC([C@H]3CCCN(CCO)C3)C2)ncc1Br)c1ccc(Cl)cc1Cl. The second kappa shape index (κ2) is 10.2. The van der Waals surface area contributed by atoms with Crippen LogP contribution in [0.5, 0.6) is 0 Å². The number of halogens is 3. The molecule has 0 saturated carbocycles. The van der Waals surface area contributed by atoms with Crippen molar-refractivity contribution in [3.05, 3.63) is 44.5 Å². The minimum Gasteiger partial charge on any atom is -0.395 e. The first-order valence-corrected chi connectivity index (χ1v) is 12.3. The van der Waals surface area contributed by atoms with Gasteiger partial charge in [-0.15, -0.1) is 0 Å². The van der Waals surface area contributed by atoms with Crippen LogP contribution in [-0.4, -0.2) is 59.3 Å². The van der Waals surface area contributed by atoms with E-state index in [0.717, 1.165) is 54.5 Å². The van der Waals surface area contributed by atoms with Crippen LogP contribution in [0.15, 0.2) is 28.9 Å². The van der Waals surface area contributed by atoms with Crippen molar-refractivity contribution >= 4 is 50.9 Å². The molecule has 2 aliphatic rings. The molecule has 2 fully saturated rings. The number of piperidine rings is 1. The van der Waals surface area contributed by atoms with E-state index in [1.54, 1.807) is 12.3 Å². The molecule has 2 atom stereocenters. The number of aromatic nitrogens is 2. The van der Waals surface area contributed by atoms with Crippen molar-refractivity contribution in [3.8, 4) is 0 Å². The standard InChI is InChI=1S/C22H28BrCl2N5O/c1-14(18-5-4-17(24)9-20(18)25)27-21-19(23)10-26-22(28-21)30-12-16(13-30)15-3-2-6-29(11-15)7-8-31/h4-5,9-10,14-16,31H,2-3,6-8,11-13H2,1H3,(H,26,27,28)/t14?,15-/m0/s1. The summed E-state index contributed by atoms with van der Waals surface area (Å²) >= 11 is 16.0. The van der Waals surface area contributed by atoms with Crippen LogP contribution in [0.4, 0.5) is 11.8 Å². The van der Waals surface area contributed by atoms with E-state index in [0.29, 0.717) is 21.9 Å². The second-order valence-corrected chi connectivity index (χ2v) is 10.2. The highest BCUT2D eigenvalue weighted by molar-refractivity contribution is 9.10. The molecule has 2 aromatic rings. The lowest BCUT2D eigenvalue weighted by atomic mass is 9.81. The molecule has 6 nitrogen and oxygen atoms in total. The summed E-state index contributed by atoms with van der Waals surface area (Å²) in [5.41, 5.74) is 0.965. The molecular weight excluding hydrogens is 501 g/mol. The van der Waals surface area contributed by atoms with E-state index < -0.39 is 0 Å². The van der Waals surface area contributed by atoms with Crippen molar-refractivity contribution < 1.29 is 5.11 Å². The normalized spacial score (nSPS) is 21.1. The summed E-state index contributed by atoms with van der Waals surface area (Å²) in [5.74, 6) is 2.85. The summed E-state index contributed by atoms with van der Waals surface area (Å²) in [6, 6.07) is 5.49. The Morgan fingerprint density at radius 1 is 1.26 bits per heavy atom. The van der Waals surface area contributed by atoms with E-state index in [4.69, 9.17) is 28.2 Å². The monoisotopic (exact) mass is 527 g/mol. The van der Waals surface area contributed by atoms with Gasteiger partial charge in [0, 0.05) is 42.4 Å². The molecule has 0 amide bonds. The number of hydrogen-bond donors (Lipinski definition) is 2. The number of nitrogens with one attached hydrogen (secondary N) is 1. The van der Waals surface area contributed by atoms with Crippen LogP contribution in [0.1, 0.15) is 31.4 Å². The minimum absolute atomic E-state index is 0.0345. The van der Waals surface area contributed by atoms with Gasteiger partial charge >= 0.3 is 0 Å². The van der Waals surface area contributed by atoms with Gasteiger partial charge in [-0.2, -0.15) is 4.98 Å². The van der Waals surface area contributed by atoms with Crippen LogP contribution in [-0.2, 0) is 0 Å². The third-order valence-corrected chi connectivity index (χ3v) is 7.47. The molecule has 0 bridgehead atoms. The average Bonchev–Trinajstić information content (AvgIpc) is 2.70. The van der Waals surface area contributed by atoms with Crippen LogP contribution in [0, 0.1) is 11.8 Å². The fraction of sp³-hybridized carbons (Fsp3) is 0.545. The molecule has 0 spiro atoms. The molecule has 9 heteroatoms. The van der Waals surface area contributed by atoms with Gasteiger partial charge < -0.3 is 20.2 Å². The van der Waals surface area contributed by atoms with E-state index in [1.165, 1.54) is 12.8 Å². The number of rotatable bonds is 7. The number of benzene rings is 1. The Balaban J connectivity index is 1.38. The molecule has 4 rings (SSSR count). The smallest absolute Gasteiger partial charge is 0.227 e. The van der Waals surface area contributed by atoms with Crippen molar-refractivity contribution in [3.63, 3.8) is 0 Å². The number of β-amino-alcohol motifs (C(OH)–C–C–N with tert-alkyl or cyclic N) is 1. The number of hydrogen-bond acceptors (Lipinski definition) is 6. The quantitative estimate of drug-likeness (QED) is 0.535. The molecule has 1 unspecified atom stereocenters. The Labute approximate surface area is 202 Å². The predicted octanol–water partition coefficient (Wildman–Crippen LogP) is 4.86. The highest BCUT2D eigenvalue weighted by Crippen LogP contribution is 2.35. The van der Waals surface area contributed by atoms with E-state index >= 15 is 0 Å². The molecule has 0 radical (unpaired) electrons. The van der Waals surface area contributed by atoms with Gasteiger partial charge in [0.25, 0.3) is 0 Å². The maximum atomic E-state index is 9.23. The summed E-state index contributed by atoms with van der Waals surface area (Å²) in [6.45, 7) is 7.23. The van der Waals surface area contributed by atoms with Crippen molar-refractivity contribution in [2.24, 2.45) is 11.8 Å². The first kappa shape index (κ1) is 23.1. The third kappa shape index (κ3) is 5.45. The fourth-order valence-corrected chi connectivity index (χ4v) is 5.42. The molecule has 168 valence electrons. The Hall–Kier alpha value is -1.12. The van der Waals surface area contributed by atoms with Crippen molar-refractivity contribution in [1.29, 1.82) is 0 Å². The Morgan fingerprint density at radius 3 is 2.81 bits per heavy atom. The molecular formula is C22H28BrCl2N5O. The number of aliphatic hydroxyl groups is 1. The van der Waals surface area contributed by atoms with Crippen molar-refractivity contribution in [2.75, 3.05) is 49.5 Å². The summed E-state index contributed by atoms with van der Waals surface area (Å²) in [5, 5.41) is 13.9. The zero-order valence-corrected chi connectivity index (χ0v) is 20.7. The Kier molecular flexibility index (Phi) is 7.60. The van der Waals surface area contributed by atoms with E-state index in [2.05, 4.69) is 36.0 Å². The second-order valence-electron chi connectivity index (χ2n) is 8.49. The Morgan fingerprint density at radius 2 is 2.06 bits per heavy atom. The number of aliphatic hydroxyl groups excluding tert-OH is 1. The lowest BCUT2D eigenvalue weighted by Gasteiger charge is -2.46. The highest BCUT2D eigenvalue weighted by atomic mass is 79.9. The van der Waals surface area contributed by atoms with Gasteiger partial charge in [-0.05, 0) is 71.8 Å². The van der Waals surface area contributed by atoms with Crippen LogP contribution >= 0.6 is 39.1 Å². The molecule has 31 heavy (non-hydrogen) atoms. The van der Waals surface area contributed by atoms with Crippen LogP contribution < -0.4 is 10.2 Å². The summed E-state index contributed by atoms with van der Waals surface area (Å²) in [4.78, 5) is 13.9. The van der Waals surface area contributed by atoms with Gasteiger partial charge in [-0.3, -0.25) is 0 Å². The largest absolute Gasteiger partial charge is 0.395 e. The molecule has 2 saturated heterocycles. The number of anilines is 2. The first-order valence-electron chi connectivity index (χ1n) is 10.8. The molecule has 2 aliphatic heterocycles. The van der Waals surface area contributed by atoms with Gasteiger partial charge in [0.05, 0.1) is 17.1 Å². The fourth-order valence-electron chi connectivity index (χ4n) is 4.54. The van der Waals surface area contributed by atoms with Crippen molar-refractivity contribution in [1.82, 2.24) is 14.9 Å². The average molecular weight is 529 g/mol. The zero-order chi connectivity index (χ0) is 22.0. The molecule has 2 N–H and O–H groups in total. The number of likely N-dealkylation sites (tertiary alicyclic amines) is 1. The van der Waals surface area contributed by atoms with Crippen LogP contribution in [0.3, 0.4) is 0 Å². The first-order chi connectivity index (χ1) is 14.9. The van der Waals surface area contributed by atoms with E-state index in [-0.39, 0.29) is 12.6 Å². The zero-order valence-electron chi connectivity index (χ0n) is 17.6. The third-order valence-electron chi connectivity index (χ3n) is 6.33. The van der Waals surface area contributed by atoms with Gasteiger partial charge in [-0.1, -0.05) is 29.3 Å². The highest BCUT2D eigenvalue weighted by Gasteiger charge is 2.37. The maximum Gasteiger partial charge on any atom is 0.227 e. The molecule has 1 aromatic carbocycles.